The van der Waals surface area contributed by atoms with Crippen molar-refractivity contribution in [3.8, 4) is 0 Å². The first kappa shape index (κ1) is 32.1. The predicted octanol–water partition coefficient (Wildman–Crippen LogP) is 6.74. The molecule has 6 heteroatoms. The van der Waals surface area contributed by atoms with E-state index >= 15 is 0 Å². The van der Waals surface area contributed by atoms with Crippen LogP contribution >= 0.6 is 21.2 Å². The fourth-order valence-corrected chi connectivity index (χ4v) is 4.68. The highest BCUT2D eigenvalue weighted by Crippen LogP contribution is 2.18. The molecule has 0 aromatic heterocycles. The van der Waals surface area contributed by atoms with Crippen LogP contribution in [0.4, 0.5) is 0 Å². The molecule has 1 rings (SSSR count). The maximum atomic E-state index is 10.5. The normalized spacial score (nSPS) is 11.2. The molecule has 0 atom stereocenters. The number of quaternary nitrogens is 1. The molecule has 0 aliphatic rings. The van der Waals surface area contributed by atoms with Crippen LogP contribution in [0, 0.1) is 3.57 Å². The van der Waals surface area contributed by atoms with Crippen LogP contribution in [0.3, 0.4) is 0 Å². The highest BCUT2D eigenvalue weighted by molar-refractivity contribution is 14.1. The molecule has 0 fully saturated rings. The second-order valence-corrected chi connectivity index (χ2v) is 11.1. The number of aromatic carboxylic acids is 1. The Balaban J connectivity index is 0.000000771. The van der Waals surface area contributed by atoms with Crippen LogP contribution in [0.25, 0.3) is 0 Å². The van der Waals surface area contributed by atoms with Crippen molar-refractivity contribution in [2.75, 3.05) is 0 Å². The second kappa shape index (κ2) is 21.7. The van der Waals surface area contributed by atoms with Gasteiger partial charge >= 0.3 is 0 Å². The van der Waals surface area contributed by atoms with Crippen molar-refractivity contribution in [3.63, 3.8) is 0 Å². The van der Waals surface area contributed by atoms with E-state index in [1.54, 1.807) is 12.1 Å². The Hall–Kier alpha value is -0.860. The van der Waals surface area contributed by atoms with Gasteiger partial charge < -0.3 is 9.90 Å². The first-order valence-electron chi connectivity index (χ1n) is 12.9. The van der Waals surface area contributed by atoms with Crippen LogP contribution in [0.2, 0.25) is 0 Å². The zero-order chi connectivity index (χ0) is 24.8. The molecule has 3 N–H and O–H groups in total. The summed E-state index contributed by atoms with van der Waals surface area (Å²) in [6, 6.07) is 6.15. The van der Waals surface area contributed by atoms with Crippen LogP contribution < -0.4 is 11.0 Å². The molecule has 0 bridgehead atoms. The van der Waals surface area contributed by atoms with Gasteiger partial charge in [-0.05, 0) is 26.3 Å². The highest BCUT2D eigenvalue weighted by atomic mass is 127. The van der Waals surface area contributed by atoms with E-state index in [4.69, 9.17) is 4.84 Å². The Morgan fingerprint density at radius 3 is 1.64 bits per heavy atom. The summed E-state index contributed by atoms with van der Waals surface area (Å²) in [4.78, 5) is 15.6. The summed E-state index contributed by atoms with van der Waals surface area (Å²) in [7, 11) is 0. The molecule has 0 amide bonds. The van der Waals surface area contributed by atoms with Crippen LogP contribution in [0.1, 0.15) is 134 Å². The maximum Gasteiger partial charge on any atom is 0.182 e. The van der Waals surface area contributed by atoms with Gasteiger partial charge in [-0.15, -0.1) is 0 Å². The van der Waals surface area contributed by atoms with Crippen LogP contribution in [0.5, 0.6) is 0 Å². The van der Waals surface area contributed by atoms with E-state index in [0.717, 1.165) is 6.42 Å². The molecule has 1 aromatic carbocycles. The Labute approximate surface area is 212 Å². The smallest absolute Gasteiger partial charge is 0.182 e. The third-order valence-electron chi connectivity index (χ3n) is 5.95. The van der Waals surface area contributed by atoms with Gasteiger partial charge in [-0.3, -0.25) is 3.07 Å². The zero-order valence-corrected chi connectivity index (χ0v) is 23.5. The summed E-state index contributed by atoms with van der Waals surface area (Å²) >= 11 is -1.42. The van der Waals surface area contributed by atoms with Gasteiger partial charge in [-0.1, -0.05) is 121 Å². The molecular weight excluding hydrogens is 529 g/mol. The first-order chi connectivity index (χ1) is 15.9. The van der Waals surface area contributed by atoms with Gasteiger partial charge in [0.1, 0.15) is 5.60 Å². The van der Waals surface area contributed by atoms with E-state index in [9.17, 15) is 13.0 Å². The van der Waals surface area contributed by atoms with Gasteiger partial charge in [0.25, 0.3) is 0 Å². The number of rotatable bonds is 19. The Morgan fingerprint density at radius 1 is 0.848 bits per heavy atom. The van der Waals surface area contributed by atoms with Gasteiger partial charge in [0.2, 0.25) is 0 Å². The Morgan fingerprint density at radius 2 is 1.27 bits per heavy atom. The summed E-state index contributed by atoms with van der Waals surface area (Å²) in [5.74, 6) is 2.28. The van der Waals surface area contributed by atoms with Crippen molar-refractivity contribution in [1.29, 1.82) is 0 Å². The fourth-order valence-electron chi connectivity index (χ4n) is 3.69. The van der Waals surface area contributed by atoms with E-state index in [1.165, 1.54) is 108 Å². The van der Waals surface area contributed by atoms with Crippen molar-refractivity contribution in [2.45, 2.75) is 129 Å². The quantitative estimate of drug-likeness (QED) is 0.112. The number of halogens is 1. The molecule has 0 radical (unpaired) electrons. The number of carboxylic acids is 1. The molecule has 192 valence electrons. The number of hydrogen-bond acceptors (Lipinski definition) is 4. The number of unbranched alkanes of at least 4 members (excludes halogenated alkanes) is 14. The first-order valence-corrected chi connectivity index (χ1v) is 14.8. The lowest BCUT2D eigenvalue weighted by atomic mass is 9.99. The molecular formula is C27H48INO4. The van der Waals surface area contributed by atoms with Crippen LogP contribution in [-0.4, -0.2) is 11.6 Å². The number of carboxylic acid groups (broad SMARTS) is 1. The average Bonchev–Trinajstić information content (AvgIpc) is 2.81. The summed E-state index contributed by atoms with van der Waals surface area (Å²) in [5, 5.41) is 10.3. The highest BCUT2D eigenvalue weighted by Gasteiger charge is 2.18. The number of carbonyl (C=O) groups is 1. The molecule has 0 spiro atoms. The Bertz CT molecular complexity index is 622. The van der Waals surface area contributed by atoms with Gasteiger partial charge in [0.15, 0.2) is 21.2 Å². The van der Waals surface area contributed by atoms with Crippen molar-refractivity contribution in [2.24, 2.45) is 0 Å². The minimum absolute atomic E-state index is 0.0312. The number of carbonyl (C=O) groups excluding carboxylic acids is 1. The summed E-state index contributed by atoms with van der Waals surface area (Å²) < 4.78 is 10.9. The number of hydrogen-bond donors (Lipinski definition) is 1. The van der Waals surface area contributed by atoms with E-state index in [0.29, 0.717) is 3.57 Å². The summed E-state index contributed by atoms with van der Waals surface area (Å²) in [6.45, 7) is 6.55. The molecule has 5 nitrogen and oxygen atoms in total. The van der Waals surface area contributed by atoms with Crippen molar-refractivity contribution >= 4 is 27.2 Å². The monoisotopic (exact) mass is 577 g/mol. The van der Waals surface area contributed by atoms with Gasteiger partial charge in [-0.2, -0.15) is 0 Å². The largest absolute Gasteiger partial charge is 0.545 e. The second-order valence-electron chi connectivity index (χ2n) is 9.45. The van der Waals surface area contributed by atoms with Crippen molar-refractivity contribution < 1.29 is 23.7 Å². The molecule has 1 aromatic rings. The van der Waals surface area contributed by atoms with E-state index < -0.39 is 27.2 Å². The zero-order valence-electron chi connectivity index (χ0n) is 21.3. The van der Waals surface area contributed by atoms with Gasteiger partial charge in [0.05, 0.1) is 9.54 Å². The lowest BCUT2D eigenvalue weighted by molar-refractivity contribution is -0.715. The summed E-state index contributed by atoms with van der Waals surface area (Å²) in [6.07, 6.45) is 22.5. The fraction of sp³-hybridized carbons (Fsp3) is 0.741. The predicted molar refractivity (Wildman–Crippen MR) is 142 cm³/mol. The van der Waals surface area contributed by atoms with Crippen LogP contribution in [-0.2, 0) is 7.91 Å². The number of benzene rings is 1. The van der Waals surface area contributed by atoms with E-state index in [1.807, 2.05) is 0 Å². The Kier molecular flexibility index (Phi) is 21.1. The molecule has 0 aliphatic carbocycles. The van der Waals surface area contributed by atoms with Crippen molar-refractivity contribution in [3.05, 3.63) is 33.4 Å². The van der Waals surface area contributed by atoms with Crippen LogP contribution in [0.15, 0.2) is 24.3 Å². The third-order valence-corrected chi connectivity index (χ3v) is 7.37. The molecule has 0 unspecified atom stereocenters. The van der Waals surface area contributed by atoms with Gasteiger partial charge in [-0.25, -0.2) is 10.7 Å². The summed E-state index contributed by atoms with van der Waals surface area (Å²) in [5.41, 5.74) is 0.00610. The average molecular weight is 578 g/mol. The van der Waals surface area contributed by atoms with Gasteiger partial charge in [0, 0.05) is 5.56 Å². The SMILES string of the molecule is CCCCCCCCCCCCCCCCCC(C)(C)O[NH3+].O=Ic1ccccc1C(=O)[O-]. The van der Waals surface area contributed by atoms with Crippen molar-refractivity contribution in [1.82, 2.24) is 0 Å². The molecule has 33 heavy (non-hydrogen) atoms. The standard InChI is InChI=1S/C20H44NO.C7H5IO3/c1-4-5-6-7-8-9-10-11-12-13-14-15-16-17-18-19-20(2,3)22-21;9-7(10)5-3-1-2-4-6(5)8-11/h4-19H2,1-3,21H3;1-4H,(H,9,10)/q+1;/p-1. The molecule has 0 heterocycles. The third kappa shape index (κ3) is 19.2. The molecule has 0 saturated heterocycles. The minimum Gasteiger partial charge on any atom is -0.545 e. The molecule has 0 saturated carbocycles. The minimum atomic E-state index is -1.42. The van der Waals surface area contributed by atoms with E-state index in [-0.39, 0.29) is 11.2 Å². The topological polar surface area (TPSA) is 94.1 Å². The molecule has 0 aliphatic heterocycles. The van der Waals surface area contributed by atoms with E-state index in [2.05, 4.69) is 26.7 Å². The lowest BCUT2D eigenvalue weighted by Gasteiger charge is -2.18. The lowest BCUT2D eigenvalue weighted by Crippen LogP contribution is -2.56. The maximum absolute atomic E-state index is 10.5.